The molecule has 0 aliphatic heterocycles. The van der Waals surface area contributed by atoms with E-state index in [-0.39, 0.29) is 0 Å². The highest BCUT2D eigenvalue weighted by Gasteiger charge is 2.27. The molecule has 5 heteroatoms. The van der Waals surface area contributed by atoms with Crippen LogP contribution in [-0.4, -0.2) is 45.2 Å². The molecule has 0 spiro atoms. The zero-order valence-corrected chi connectivity index (χ0v) is 11.9. The van der Waals surface area contributed by atoms with Crippen LogP contribution in [0.2, 0.25) is 0 Å². The third-order valence-corrected chi connectivity index (χ3v) is 5.02. The zero-order valence-electron chi connectivity index (χ0n) is 11.1. The SMILES string of the molecule is CCCNCCCCS(=O)(=O)N(C)CC1CC1. The predicted molar refractivity (Wildman–Crippen MR) is 71.5 cm³/mol. The molecule has 102 valence electrons. The summed E-state index contributed by atoms with van der Waals surface area (Å²) in [5.74, 6) is 0.922. The van der Waals surface area contributed by atoms with Gasteiger partial charge in [0.2, 0.25) is 10.0 Å². The fourth-order valence-corrected chi connectivity index (χ4v) is 3.09. The molecular formula is C12H26N2O2S. The molecule has 0 heterocycles. The second kappa shape index (κ2) is 7.34. The second-order valence-corrected chi connectivity index (χ2v) is 7.19. The molecule has 1 saturated carbocycles. The summed E-state index contributed by atoms with van der Waals surface area (Å²) < 4.78 is 25.3. The molecule has 0 aromatic heterocycles. The van der Waals surface area contributed by atoms with E-state index in [1.807, 2.05) is 0 Å². The average Bonchev–Trinajstić information content (AvgIpc) is 3.07. The van der Waals surface area contributed by atoms with Crippen molar-refractivity contribution in [3.63, 3.8) is 0 Å². The maximum atomic E-state index is 11.9. The van der Waals surface area contributed by atoms with E-state index in [2.05, 4.69) is 12.2 Å². The summed E-state index contributed by atoms with van der Waals surface area (Å²) >= 11 is 0. The molecule has 1 N–H and O–H groups in total. The lowest BCUT2D eigenvalue weighted by Gasteiger charge is -2.16. The fourth-order valence-electron chi connectivity index (χ4n) is 1.77. The van der Waals surface area contributed by atoms with Gasteiger partial charge in [-0.15, -0.1) is 0 Å². The maximum Gasteiger partial charge on any atom is 0.213 e. The van der Waals surface area contributed by atoms with Crippen LogP contribution in [0.3, 0.4) is 0 Å². The Morgan fingerprint density at radius 2 is 1.94 bits per heavy atom. The van der Waals surface area contributed by atoms with Crippen LogP contribution < -0.4 is 5.32 Å². The number of nitrogens with one attached hydrogen (secondary N) is 1. The van der Waals surface area contributed by atoms with E-state index in [1.54, 1.807) is 11.4 Å². The van der Waals surface area contributed by atoms with Gasteiger partial charge in [0.1, 0.15) is 0 Å². The summed E-state index contributed by atoms with van der Waals surface area (Å²) in [5.41, 5.74) is 0. The van der Waals surface area contributed by atoms with Gasteiger partial charge in [0, 0.05) is 13.6 Å². The Hall–Kier alpha value is -0.130. The lowest BCUT2D eigenvalue weighted by atomic mass is 10.3. The molecule has 0 bridgehead atoms. The van der Waals surface area contributed by atoms with Crippen molar-refractivity contribution in [2.24, 2.45) is 5.92 Å². The Bertz CT molecular complexity index is 300. The zero-order chi connectivity index (χ0) is 12.7. The molecule has 0 aromatic carbocycles. The van der Waals surface area contributed by atoms with Crippen molar-refractivity contribution in [2.45, 2.75) is 39.0 Å². The minimum absolute atomic E-state index is 0.296. The van der Waals surface area contributed by atoms with E-state index < -0.39 is 10.0 Å². The first-order valence-corrected chi connectivity index (χ1v) is 8.32. The largest absolute Gasteiger partial charge is 0.317 e. The third-order valence-electron chi connectivity index (χ3n) is 3.12. The van der Waals surface area contributed by atoms with Crippen LogP contribution in [0.4, 0.5) is 0 Å². The van der Waals surface area contributed by atoms with Crippen molar-refractivity contribution >= 4 is 10.0 Å². The summed E-state index contributed by atoms with van der Waals surface area (Å²) in [5, 5.41) is 3.28. The van der Waals surface area contributed by atoms with Crippen LogP contribution in [0.5, 0.6) is 0 Å². The lowest BCUT2D eigenvalue weighted by Crippen LogP contribution is -2.31. The summed E-state index contributed by atoms with van der Waals surface area (Å²) in [6.07, 6.45) is 5.22. The van der Waals surface area contributed by atoms with Gasteiger partial charge in [0.05, 0.1) is 5.75 Å². The highest BCUT2D eigenvalue weighted by atomic mass is 32.2. The van der Waals surface area contributed by atoms with E-state index in [0.29, 0.717) is 11.7 Å². The van der Waals surface area contributed by atoms with Crippen molar-refractivity contribution < 1.29 is 8.42 Å². The minimum Gasteiger partial charge on any atom is -0.317 e. The Morgan fingerprint density at radius 3 is 2.53 bits per heavy atom. The van der Waals surface area contributed by atoms with Crippen LogP contribution in [0.1, 0.15) is 39.0 Å². The number of rotatable bonds is 10. The second-order valence-electron chi connectivity index (χ2n) is 5.00. The molecule has 4 nitrogen and oxygen atoms in total. The van der Waals surface area contributed by atoms with E-state index in [0.717, 1.165) is 38.9 Å². The van der Waals surface area contributed by atoms with Crippen LogP contribution >= 0.6 is 0 Å². The van der Waals surface area contributed by atoms with E-state index in [1.165, 1.54) is 12.8 Å². The van der Waals surface area contributed by atoms with Crippen LogP contribution in [-0.2, 0) is 10.0 Å². The van der Waals surface area contributed by atoms with E-state index in [4.69, 9.17) is 0 Å². The fraction of sp³-hybridized carbons (Fsp3) is 1.00. The Morgan fingerprint density at radius 1 is 1.24 bits per heavy atom. The summed E-state index contributed by atoms with van der Waals surface area (Å²) in [4.78, 5) is 0. The van der Waals surface area contributed by atoms with Crippen molar-refractivity contribution in [3.8, 4) is 0 Å². The Kier molecular flexibility index (Phi) is 6.44. The summed E-state index contributed by atoms with van der Waals surface area (Å²) in [6.45, 7) is 4.80. The Balaban J connectivity index is 2.10. The quantitative estimate of drug-likeness (QED) is 0.606. The first-order chi connectivity index (χ1) is 8.06. The molecule has 1 rings (SSSR count). The maximum absolute atomic E-state index is 11.9. The van der Waals surface area contributed by atoms with Gasteiger partial charge >= 0.3 is 0 Å². The normalized spacial score (nSPS) is 16.6. The molecule has 1 fully saturated rings. The van der Waals surface area contributed by atoms with Crippen molar-refractivity contribution in [3.05, 3.63) is 0 Å². The molecule has 1 aliphatic rings. The van der Waals surface area contributed by atoms with Crippen LogP contribution in [0, 0.1) is 5.92 Å². The van der Waals surface area contributed by atoms with Crippen molar-refractivity contribution in [1.29, 1.82) is 0 Å². The topological polar surface area (TPSA) is 49.4 Å². The van der Waals surface area contributed by atoms with E-state index in [9.17, 15) is 8.42 Å². The smallest absolute Gasteiger partial charge is 0.213 e. The van der Waals surface area contributed by atoms with Gasteiger partial charge in [-0.05, 0) is 51.1 Å². The van der Waals surface area contributed by atoms with Gasteiger partial charge in [-0.2, -0.15) is 0 Å². The number of hydrogen-bond donors (Lipinski definition) is 1. The highest BCUT2D eigenvalue weighted by Crippen LogP contribution is 2.30. The molecule has 0 atom stereocenters. The molecule has 1 aliphatic carbocycles. The molecule has 0 saturated heterocycles. The summed E-state index contributed by atoms with van der Waals surface area (Å²) in [6, 6.07) is 0. The first kappa shape index (κ1) is 14.9. The number of nitrogens with zero attached hydrogens (tertiary/aromatic N) is 1. The molecule has 17 heavy (non-hydrogen) atoms. The van der Waals surface area contributed by atoms with Gasteiger partial charge in [-0.3, -0.25) is 0 Å². The molecule has 0 radical (unpaired) electrons. The molecule has 0 amide bonds. The first-order valence-electron chi connectivity index (χ1n) is 6.71. The number of sulfonamides is 1. The third kappa shape index (κ3) is 6.38. The minimum atomic E-state index is -3.00. The number of hydrogen-bond acceptors (Lipinski definition) is 3. The lowest BCUT2D eigenvalue weighted by molar-refractivity contribution is 0.450. The monoisotopic (exact) mass is 262 g/mol. The van der Waals surface area contributed by atoms with E-state index >= 15 is 0 Å². The molecule has 0 unspecified atom stereocenters. The Labute approximate surface area is 106 Å². The summed E-state index contributed by atoms with van der Waals surface area (Å²) in [7, 11) is -1.29. The van der Waals surface area contributed by atoms with Crippen molar-refractivity contribution in [1.82, 2.24) is 9.62 Å². The van der Waals surface area contributed by atoms with Gasteiger partial charge in [0.25, 0.3) is 0 Å². The van der Waals surface area contributed by atoms with Crippen molar-refractivity contribution in [2.75, 3.05) is 32.4 Å². The van der Waals surface area contributed by atoms with Gasteiger partial charge in [-0.25, -0.2) is 12.7 Å². The van der Waals surface area contributed by atoms with Gasteiger partial charge < -0.3 is 5.32 Å². The highest BCUT2D eigenvalue weighted by molar-refractivity contribution is 7.89. The van der Waals surface area contributed by atoms with Crippen LogP contribution in [0.15, 0.2) is 0 Å². The standard InChI is InChI=1S/C12H26N2O2S/c1-3-8-13-9-4-5-10-17(15,16)14(2)11-12-6-7-12/h12-13H,3-11H2,1-2H3. The van der Waals surface area contributed by atoms with Gasteiger partial charge in [0.15, 0.2) is 0 Å². The molecule has 0 aromatic rings. The van der Waals surface area contributed by atoms with Gasteiger partial charge in [-0.1, -0.05) is 6.92 Å². The molecular weight excluding hydrogens is 236 g/mol. The average molecular weight is 262 g/mol. The number of unbranched alkanes of at least 4 members (excludes halogenated alkanes) is 1. The predicted octanol–water partition coefficient (Wildman–Crippen LogP) is 1.44. The van der Waals surface area contributed by atoms with Crippen LogP contribution in [0.25, 0.3) is 0 Å².